The molecule has 0 nitrogen and oxygen atoms in total. The van der Waals surface area contributed by atoms with Crippen LogP contribution in [0.3, 0.4) is 0 Å². The molecule has 1 fully saturated rings. The minimum absolute atomic E-state index is 0.150. The van der Waals surface area contributed by atoms with E-state index in [0.717, 1.165) is 17.9 Å². The van der Waals surface area contributed by atoms with Crippen molar-refractivity contribution in [2.75, 3.05) is 0 Å². The number of hydrogen-bond donors (Lipinski definition) is 0. The maximum absolute atomic E-state index is 12.6. The molecule has 0 saturated heterocycles. The van der Waals surface area contributed by atoms with Gasteiger partial charge in [-0.3, -0.25) is 0 Å². The van der Waals surface area contributed by atoms with Crippen LogP contribution in [-0.4, -0.2) is 0 Å². The lowest BCUT2D eigenvalue weighted by Crippen LogP contribution is -1.94. The van der Waals surface area contributed by atoms with E-state index in [4.69, 9.17) is 0 Å². The summed E-state index contributed by atoms with van der Waals surface area (Å²) in [5.74, 6) is 0.725. The van der Waals surface area contributed by atoms with Crippen LogP contribution in [0.5, 0.6) is 0 Å². The van der Waals surface area contributed by atoms with Crippen molar-refractivity contribution in [3.63, 3.8) is 0 Å². The van der Waals surface area contributed by atoms with Gasteiger partial charge in [-0.2, -0.15) is 0 Å². The van der Waals surface area contributed by atoms with Crippen molar-refractivity contribution in [2.24, 2.45) is 5.92 Å². The van der Waals surface area contributed by atoms with Crippen LogP contribution in [0.2, 0.25) is 0 Å². The number of benzene rings is 1. The first-order valence-corrected chi connectivity index (χ1v) is 5.43. The summed E-state index contributed by atoms with van der Waals surface area (Å²) in [5, 5.41) is 0. The highest BCUT2D eigenvalue weighted by Gasteiger charge is 2.14. The van der Waals surface area contributed by atoms with Crippen molar-refractivity contribution in [2.45, 2.75) is 32.1 Å². The van der Waals surface area contributed by atoms with E-state index in [-0.39, 0.29) is 5.82 Å². The summed E-state index contributed by atoms with van der Waals surface area (Å²) < 4.78 is 12.6. The van der Waals surface area contributed by atoms with E-state index in [1.807, 2.05) is 12.1 Å². The van der Waals surface area contributed by atoms with E-state index < -0.39 is 0 Å². The van der Waals surface area contributed by atoms with Crippen molar-refractivity contribution in [1.82, 2.24) is 0 Å². The highest BCUT2D eigenvalue weighted by atomic mass is 19.1. The zero-order valence-corrected chi connectivity index (χ0v) is 8.38. The summed E-state index contributed by atoms with van der Waals surface area (Å²) in [4.78, 5) is 0. The fraction of sp³-hybridized carbons (Fsp3) is 0.462. The van der Waals surface area contributed by atoms with E-state index in [9.17, 15) is 4.39 Å². The van der Waals surface area contributed by atoms with Gasteiger partial charge in [0, 0.05) is 0 Å². The van der Waals surface area contributed by atoms with E-state index in [1.165, 1.54) is 37.8 Å². The Kier molecular flexibility index (Phi) is 3.18. The molecular formula is C13H16F. The molecule has 1 aromatic carbocycles. The Labute approximate surface area is 85.1 Å². The molecule has 75 valence electrons. The number of hydrogen-bond acceptors (Lipinski definition) is 0. The largest absolute Gasteiger partial charge is 0.207 e. The second-order valence-corrected chi connectivity index (χ2v) is 4.14. The predicted octanol–water partition coefficient (Wildman–Crippen LogP) is 3.96. The first kappa shape index (κ1) is 9.70. The molecule has 0 spiro atoms. The molecule has 0 bridgehead atoms. The van der Waals surface area contributed by atoms with Crippen LogP contribution in [0.25, 0.3) is 0 Å². The van der Waals surface area contributed by atoms with E-state index in [0.29, 0.717) is 0 Å². The normalized spacial score (nSPS) is 17.5. The monoisotopic (exact) mass is 191 g/mol. The predicted molar refractivity (Wildman–Crippen MR) is 56.4 cm³/mol. The number of rotatable bonds is 3. The minimum Gasteiger partial charge on any atom is -0.207 e. The third-order valence-electron chi connectivity index (χ3n) is 3.03. The summed E-state index contributed by atoms with van der Waals surface area (Å²) in [6.45, 7) is 0. The average molecular weight is 191 g/mol. The number of halogens is 1. The lowest BCUT2D eigenvalue weighted by atomic mass is 9.98. The van der Waals surface area contributed by atoms with Gasteiger partial charge >= 0.3 is 0 Å². The van der Waals surface area contributed by atoms with Crippen molar-refractivity contribution in [1.29, 1.82) is 0 Å². The molecule has 0 heterocycles. The first-order chi connectivity index (χ1) is 6.84. The molecule has 0 unspecified atom stereocenters. The maximum Gasteiger partial charge on any atom is 0.123 e. The molecule has 0 atom stereocenters. The van der Waals surface area contributed by atoms with Gasteiger partial charge in [0.2, 0.25) is 0 Å². The van der Waals surface area contributed by atoms with Gasteiger partial charge in [-0.15, -0.1) is 0 Å². The second kappa shape index (κ2) is 4.59. The van der Waals surface area contributed by atoms with Crippen molar-refractivity contribution >= 4 is 0 Å². The van der Waals surface area contributed by atoms with Crippen LogP contribution >= 0.6 is 0 Å². The van der Waals surface area contributed by atoms with Crippen LogP contribution in [-0.2, 0) is 0 Å². The molecule has 0 aromatic heterocycles. The van der Waals surface area contributed by atoms with Gasteiger partial charge < -0.3 is 0 Å². The Morgan fingerprint density at radius 2 is 1.79 bits per heavy atom. The highest BCUT2D eigenvalue weighted by Crippen LogP contribution is 2.29. The molecule has 1 aromatic rings. The third-order valence-corrected chi connectivity index (χ3v) is 3.03. The van der Waals surface area contributed by atoms with Crippen molar-refractivity contribution in [3.05, 3.63) is 42.1 Å². The molecule has 1 heteroatoms. The Hall–Kier alpha value is -0.850. The van der Waals surface area contributed by atoms with Gasteiger partial charge in [0.25, 0.3) is 0 Å². The van der Waals surface area contributed by atoms with Gasteiger partial charge in [0.15, 0.2) is 0 Å². The third kappa shape index (κ3) is 2.57. The van der Waals surface area contributed by atoms with Crippen LogP contribution in [0, 0.1) is 18.2 Å². The standard InChI is InChI=1S/C13H16F/c14-13-9-7-12(8-10-13)6-5-11-3-1-2-4-11/h6-11H,1-5H2. The molecule has 0 amide bonds. The summed E-state index contributed by atoms with van der Waals surface area (Å²) in [5.41, 5.74) is 1.15. The summed E-state index contributed by atoms with van der Waals surface area (Å²) in [6, 6.07) is 6.76. The van der Waals surface area contributed by atoms with Crippen LogP contribution in [0.1, 0.15) is 37.7 Å². The first-order valence-electron chi connectivity index (χ1n) is 5.43. The molecule has 1 aliphatic carbocycles. The van der Waals surface area contributed by atoms with Crippen molar-refractivity contribution < 1.29 is 4.39 Å². The quantitative estimate of drug-likeness (QED) is 0.678. The molecule has 1 radical (unpaired) electrons. The lowest BCUT2D eigenvalue weighted by molar-refractivity contribution is 0.544. The van der Waals surface area contributed by atoms with Crippen molar-refractivity contribution in [3.8, 4) is 0 Å². The van der Waals surface area contributed by atoms with Crippen LogP contribution in [0.4, 0.5) is 4.39 Å². The van der Waals surface area contributed by atoms with Gasteiger partial charge in [0.1, 0.15) is 5.82 Å². The molecule has 2 rings (SSSR count). The summed E-state index contributed by atoms with van der Waals surface area (Å²) in [6.07, 6.45) is 8.92. The SMILES string of the molecule is Fc1ccc([CH]CC2CCCC2)cc1. The smallest absolute Gasteiger partial charge is 0.123 e. The zero-order chi connectivity index (χ0) is 9.80. The zero-order valence-electron chi connectivity index (χ0n) is 8.38. The van der Waals surface area contributed by atoms with Gasteiger partial charge in [-0.05, 0) is 36.5 Å². The van der Waals surface area contributed by atoms with Crippen LogP contribution < -0.4 is 0 Å². The van der Waals surface area contributed by atoms with E-state index in [2.05, 4.69) is 6.42 Å². The maximum atomic E-state index is 12.6. The van der Waals surface area contributed by atoms with Gasteiger partial charge in [-0.25, -0.2) is 4.39 Å². The Bertz CT molecular complexity index is 270. The molecule has 14 heavy (non-hydrogen) atoms. The minimum atomic E-state index is -0.150. The average Bonchev–Trinajstić information content (AvgIpc) is 2.70. The fourth-order valence-corrected chi connectivity index (χ4v) is 2.15. The Balaban J connectivity index is 1.82. The molecule has 1 aliphatic rings. The highest BCUT2D eigenvalue weighted by molar-refractivity contribution is 5.23. The van der Waals surface area contributed by atoms with Crippen LogP contribution in [0.15, 0.2) is 24.3 Å². The molecule has 0 aliphatic heterocycles. The molecular weight excluding hydrogens is 175 g/mol. The second-order valence-electron chi connectivity index (χ2n) is 4.14. The van der Waals surface area contributed by atoms with Gasteiger partial charge in [0.05, 0.1) is 0 Å². The van der Waals surface area contributed by atoms with E-state index >= 15 is 0 Å². The summed E-state index contributed by atoms with van der Waals surface area (Å²) >= 11 is 0. The van der Waals surface area contributed by atoms with E-state index in [1.54, 1.807) is 0 Å². The Morgan fingerprint density at radius 3 is 2.43 bits per heavy atom. The Morgan fingerprint density at radius 1 is 1.14 bits per heavy atom. The summed E-state index contributed by atoms with van der Waals surface area (Å²) in [7, 11) is 0. The molecule has 1 saturated carbocycles. The lowest BCUT2D eigenvalue weighted by Gasteiger charge is -2.07. The topological polar surface area (TPSA) is 0 Å². The fourth-order valence-electron chi connectivity index (χ4n) is 2.15. The van der Waals surface area contributed by atoms with Gasteiger partial charge in [-0.1, -0.05) is 37.8 Å². The molecule has 0 N–H and O–H groups in total.